The third-order valence-corrected chi connectivity index (χ3v) is 7.47. The Morgan fingerprint density at radius 1 is 1.34 bits per heavy atom. The van der Waals surface area contributed by atoms with Crippen LogP contribution in [-0.4, -0.2) is 62.6 Å². The van der Waals surface area contributed by atoms with Crippen molar-refractivity contribution in [2.45, 2.75) is 4.90 Å². The first kappa shape index (κ1) is 24.7. The monoisotopic (exact) mass is 562 g/mol. The number of rotatable bonds is 6. The van der Waals surface area contributed by atoms with Gasteiger partial charge in [0.2, 0.25) is 10.0 Å². The fraction of sp³-hybridized carbons (Fsp3) is 0.263. The molecular weight excluding hydrogens is 544 g/mol. The molecule has 1 saturated heterocycles. The number of halogens is 2. The highest BCUT2D eigenvalue weighted by molar-refractivity contribution is 9.10. The number of morpholine rings is 1. The number of phenolic OH excluding ortho intramolecular Hbond substituents is 1. The van der Waals surface area contributed by atoms with Crippen molar-refractivity contribution in [2.75, 3.05) is 38.7 Å². The predicted molar refractivity (Wildman–Crippen MR) is 130 cm³/mol. The standard InChI is InChI=1S/C19H20BrClN4O5S2/c1-29-17-9-12(8-14(20)18(17)26)11-22-24-19(31)23-16-10-13(2-3-15(16)21)32(27,28)25-4-6-30-7-5-25/h2-3,8-11,26H,4-7H2,1H3,(H2,23,24,31). The van der Waals surface area contributed by atoms with E-state index in [1.807, 2.05) is 0 Å². The number of anilines is 1. The average Bonchev–Trinajstić information content (AvgIpc) is 2.78. The van der Waals surface area contributed by atoms with E-state index >= 15 is 0 Å². The predicted octanol–water partition coefficient (Wildman–Crippen LogP) is 3.16. The summed E-state index contributed by atoms with van der Waals surface area (Å²) < 4.78 is 37.9. The van der Waals surface area contributed by atoms with E-state index in [1.165, 1.54) is 35.8 Å². The van der Waals surface area contributed by atoms with Crippen LogP contribution in [0.3, 0.4) is 0 Å². The number of benzene rings is 2. The van der Waals surface area contributed by atoms with Crippen molar-refractivity contribution >= 4 is 66.8 Å². The third-order valence-electron chi connectivity index (χ3n) is 4.44. The molecule has 2 aromatic rings. The SMILES string of the molecule is COc1cc(C=NNC(=S)Nc2cc(S(=O)(=O)N3CCOCC3)ccc2Cl)cc(Br)c1O. The molecule has 2 aromatic carbocycles. The molecule has 0 saturated carbocycles. The quantitative estimate of drug-likeness (QED) is 0.279. The molecule has 0 radical (unpaired) electrons. The van der Waals surface area contributed by atoms with Crippen LogP contribution in [0.1, 0.15) is 5.56 Å². The van der Waals surface area contributed by atoms with Crippen LogP contribution in [0, 0.1) is 0 Å². The van der Waals surface area contributed by atoms with Crippen LogP contribution in [0.5, 0.6) is 11.5 Å². The number of nitrogens with zero attached hydrogens (tertiary/aromatic N) is 2. The Morgan fingerprint density at radius 2 is 2.06 bits per heavy atom. The number of ether oxygens (including phenoxy) is 2. The zero-order chi connectivity index (χ0) is 23.3. The number of thiocarbonyl (C=S) groups is 1. The molecule has 0 aromatic heterocycles. The van der Waals surface area contributed by atoms with Crippen LogP contribution in [0.4, 0.5) is 5.69 Å². The van der Waals surface area contributed by atoms with Crippen molar-refractivity contribution in [1.82, 2.24) is 9.73 Å². The highest BCUT2D eigenvalue weighted by atomic mass is 79.9. The van der Waals surface area contributed by atoms with Gasteiger partial charge in [-0.1, -0.05) is 11.6 Å². The van der Waals surface area contributed by atoms with Crippen molar-refractivity contribution in [1.29, 1.82) is 0 Å². The van der Waals surface area contributed by atoms with E-state index in [2.05, 4.69) is 31.8 Å². The Balaban J connectivity index is 1.69. The number of hydrogen-bond acceptors (Lipinski definition) is 7. The number of hydrazone groups is 1. The average molecular weight is 564 g/mol. The van der Waals surface area contributed by atoms with Crippen molar-refractivity contribution in [3.8, 4) is 11.5 Å². The molecule has 3 N–H and O–H groups in total. The summed E-state index contributed by atoms with van der Waals surface area (Å²) in [7, 11) is -2.24. The Labute approximate surface area is 204 Å². The summed E-state index contributed by atoms with van der Waals surface area (Å²) in [4.78, 5) is 0.0960. The van der Waals surface area contributed by atoms with E-state index in [9.17, 15) is 13.5 Å². The summed E-state index contributed by atoms with van der Waals surface area (Å²) in [5.74, 6) is 0.267. The number of sulfonamides is 1. The molecule has 0 aliphatic carbocycles. The molecule has 3 rings (SSSR count). The van der Waals surface area contributed by atoms with E-state index in [4.69, 9.17) is 33.3 Å². The van der Waals surface area contributed by atoms with Gasteiger partial charge >= 0.3 is 0 Å². The summed E-state index contributed by atoms with van der Waals surface area (Å²) >= 11 is 14.7. The van der Waals surface area contributed by atoms with Gasteiger partial charge in [-0.3, -0.25) is 5.43 Å². The maximum Gasteiger partial charge on any atom is 0.243 e. The first-order valence-electron chi connectivity index (χ1n) is 9.26. The molecule has 13 heteroatoms. The Kier molecular flexibility index (Phi) is 8.31. The topological polar surface area (TPSA) is 112 Å². The van der Waals surface area contributed by atoms with E-state index in [1.54, 1.807) is 12.1 Å². The Hall–Kier alpha value is -1.96. The number of nitrogens with one attached hydrogen (secondary N) is 2. The zero-order valence-corrected chi connectivity index (χ0v) is 20.8. The number of hydrogen-bond donors (Lipinski definition) is 3. The minimum absolute atomic E-state index is 0.0173. The van der Waals surface area contributed by atoms with Crippen LogP contribution in [0.15, 0.2) is 44.8 Å². The fourth-order valence-electron chi connectivity index (χ4n) is 2.84. The Bertz CT molecular complexity index is 1140. The number of phenols is 1. The molecule has 0 unspecified atom stereocenters. The molecule has 32 heavy (non-hydrogen) atoms. The second-order valence-electron chi connectivity index (χ2n) is 6.54. The number of methoxy groups -OCH3 is 1. The number of aromatic hydroxyl groups is 1. The molecule has 172 valence electrons. The van der Waals surface area contributed by atoms with E-state index in [-0.39, 0.29) is 21.5 Å². The second kappa shape index (κ2) is 10.8. The lowest BCUT2D eigenvalue weighted by Crippen LogP contribution is -2.40. The van der Waals surface area contributed by atoms with Crippen LogP contribution in [0.25, 0.3) is 0 Å². The highest BCUT2D eigenvalue weighted by Crippen LogP contribution is 2.34. The van der Waals surface area contributed by atoms with Crippen molar-refractivity contribution < 1.29 is 23.0 Å². The zero-order valence-electron chi connectivity index (χ0n) is 16.8. The molecule has 0 amide bonds. The molecule has 0 atom stereocenters. The van der Waals surface area contributed by atoms with Crippen molar-refractivity contribution in [3.05, 3.63) is 45.4 Å². The summed E-state index contributed by atoms with van der Waals surface area (Å²) in [5, 5.41) is 17.2. The molecule has 0 spiro atoms. The fourth-order valence-corrected chi connectivity index (χ4v) is 5.06. The van der Waals surface area contributed by atoms with Crippen LogP contribution in [0.2, 0.25) is 5.02 Å². The van der Waals surface area contributed by atoms with Gasteiger partial charge in [-0.05, 0) is 64.0 Å². The lowest BCUT2D eigenvalue weighted by Gasteiger charge is -2.26. The first-order valence-corrected chi connectivity index (χ1v) is 12.3. The molecule has 0 bridgehead atoms. The highest BCUT2D eigenvalue weighted by Gasteiger charge is 2.27. The summed E-state index contributed by atoms with van der Waals surface area (Å²) in [5.41, 5.74) is 3.60. The van der Waals surface area contributed by atoms with Gasteiger partial charge in [0.15, 0.2) is 16.6 Å². The van der Waals surface area contributed by atoms with Gasteiger partial charge in [0.05, 0.1) is 46.6 Å². The van der Waals surface area contributed by atoms with E-state index in [0.717, 1.165) is 0 Å². The smallest absolute Gasteiger partial charge is 0.243 e. The van der Waals surface area contributed by atoms with Gasteiger partial charge in [-0.15, -0.1) is 0 Å². The molecule has 1 heterocycles. The summed E-state index contributed by atoms with van der Waals surface area (Å²) in [6, 6.07) is 7.61. The van der Waals surface area contributed by atoms with Gasteiger partial charge in [-0.2, -0.15) is 9.41 Å². The second-order valence-corrected chi connectivity index (χ2v) is 10.1. The van der Waals surface area contributed by atoms with Gasteiger partial charge in [0.25, 0.3) is 0 Å². The van der Waals surface area contributed by atoms with Gasteiger partial charge in [-0.25, -0.2) is 8.42 Å². The van der Waals surface area contributed by atoms with Crippen LogP contribution >= 0.6 is 39.7 Å². The molecule has 1 aliphatic heterocycles. The van der Waals surface area contributed by atoms with E-state index in [0.29, 0.717) is 47.0 Å². The van der Waals surface area contributed by atoms with Crippen molar-refractivity contribution in [3.63, 3.8) is 0 Å². The minimum atomic E-state index is -3.68. The summed E-state index contributed by atoms with van der Waals surface area (Å²) in [6.07, 6.45) is 1.47. The van der Waals surface area contributed by atoms with Gasteiger partial charge in [0, 0.05) is 13.1 Å². The largest absolute Gasteiger partial charge is 0.503 e. The third kappa shape index (κ3) is 5.88. The lowest BCUT2D eigenvalue weighted by molar-refractivity contribution is 0.0730. The molecular formula is C19H20BrClN4O5S2. The molecule has 1 fully saturated rings. The van der Waals surface area contributed by atoms with Crippen molar-refractivity contribution in [2.24, 2.45) is 5.10 Å². The molecule has 9 nitrogen and oxygen atoms in total. The van der Waals surface area contributed by atoms with E-state index < -0.39 is 10.0 Å². The normalized spacial score (nSPS) is 15.0. The van der Waals surface area contributed by atoms with Crippen LogP contribution in [-0.2, 0) is 14.8 Å². The first-order chi connectivity index (χ1) is 15.2. The Morgan fingerprint density at radius 3 is 2.75 bits per heavy atom. The maximum atomic E-state index is 12.9. The summed E-state index contributed by atoms with van der Waals surface area (Å²) in [6.45, 7) is 1.29. The lowest BCUT2D eigenvalue weighted by atomic mass is 10.2. The van der Waals surface area contributed by atoms with Gasteiger partial charge < -0.3 is 19.9 Å². The molecule has 1 aliphatic rings. The minimum Gasteiger partial charge on any atom is -0.503 e. The van der Waals surface area contributed by atoms with Gasteiger partial charge in [0.1, 0.15) is 0 Å². The maximum absolute atomic E-state index is 12.9. The van der Waals surface area contributed by atoms with Crippen LogP contribution < -0.4 is 15.5 Å².